The molecule has 6 rings (SSSR count). The number of phenolic OH excluding ortho intramolecular Hbond substituents is 2. The molecule has 2 aromatic carbocycles. The molecule has 4 aliphatic heterocycles. The van der Waals surface area contributed by atoms with Crippen LogP contribution in [0.15, 0.2) is 60.3 Å². The molecule has 2 aromatic rings. The molecule has 0 spiro atoms. The highest BCUT2D eigenvalue weighted by molar-refractivity contribution is 6.02. The quantitative estimate of drug-likeness (QED) is 0.0169. The number of unbranched alkanes of at least 4 members (excludes halogenated alkanes) is 12. The van der Waals surface area contributed by atoms with E-state index < -0.39 is 294 Å². The van der Waals surface area contributed by atoms with E-state index in [1.165, 1.54) is 68.3 Å². The topological polar surface area (TPSA) is 690 Å². The lowest BCUT2D eigenvalue weighted by Crippen LogP contribution is -2.67. The van der Waals surface area contributed by atoms with Gasteiger partial charge in [-0.3, -0.25) is 52.7 Å². The number of cyclic esters (lactones) is 1. The number of aromatic hydroxyl groups is 2. The predicted octanol–water partition coefficient (Wildman–Crippen LogP) is -6.43. The van der Waals surface area contributed by atoms with Crippen molar-refractivity contribution >= 4 is 70.9 Å². The van der Waals surface area contributed by atoms with E-state index in [1.807, 2.05) is 0 Å². The van der Waals surface area contributed by atoms with Gasteiger partial charge in [-0.1, -0.05) is 121 Å². The molecule has 0 bridgehead atoms. The van der Waals surface area contributed by atoms with Gasteiger partial charge in [0.1, 0.15) is 133 Å². The van der Waals surface area contributed by atoms with Crippen molar-refractivity contribution in [1.29, 1.82) is 0 Å². The van der Waals surface area contributed by atoms with Crippen molar-refractivity contribution < 1.29 is 162 Å². The highest BCUT2D eigenvalue weighted by Crippen LogP contribution is 2.31. The van der Waals surface area contributed by atoms with Crippen LogP contribution in [0.25, 0.3) is 0 Å². The first-order chi connectivity index (χ1) is 60.1. The molecule has 6 unspecified atom stereocenters. The van der Waals surface area contributed by atoms with E-state index in [0.717, 1.165) is 99.1 Å². The second kappa shape index (κ2) is 52.4. The van der Waals surface area contributed by atoms with E-state index in [2.05, 4.69) is 54.8 Å². The molecule has 4 heterocycles. The summed E-state index contributed by atoms with van der Waals surface area (Å²) in [5.41, 5.74) is 5.20. The van der Waals surface area contributed by atoms with Gasteiger partial charge in [0.2, 0.25) is 53.2 Å². The van der Waals surface area contributed by atoms with Crippen LogP contribution in [0.1, 0.15) is 162 Å². The number of hydrogen-bond donors (Lipinski definition) is 24. The van der Waals surface area contributed by atoms with Crippen molar-refractivity contribution in [2.45, 2.75) is 329 Å². The summed E-state index contributed by atoms with van der Waals surface area (Å²) in [6.45, 7) is 4.96. The molecule has 4 fully saturated rings. The molecule has 714 valence electrons. The fourth-order valence-electron chi connectivity index (χ4n) is 14.7. The number of ether oxygens (including phenoxy) is 7. The number of nitrogens with zero attached hydrogens (tertiary/aromatic N) is 1. The summed E-state index contributed by atoms with van der Waals surface area (Å²) in [5, 5.41) is 174. The maximum atomic E-state index is 15.4. The van der Waals surface area contributed by atoms with Crippen LogP contribution in [-0.2, 0) is 104 Å². The maximum absolute atomic E-state index is 15.4. The number of allylic oxidation sites excluding steroid dienone is 1. The summed E-state index contributed by atoms with van der Waals surface area (Å²) < 4.78 is 41.1. The van der Waals surface area contributed by atoms with Crippen LogP contribution in [0, 0.1) is 0 Å². The second-order valence-corrected chi connectivity index (χ2v) is 32.3. The number of primary amides is 1. The second-order valence-electron chi connectivity index (χ2n) is 32.3. The van der Waals surface area contributed by atoms with E-state index in [-0.39, 0.29) is 35.5 Å². The third-order valence-corrected chi connectivity index (χ3v) is 22.2. The normalized spacial score (nSPS) is 30.2. The molecule has 0 aromatic heterocycles. The van der Waals surface area contributed by atoms with E-state index in [1.54, 1.807) is 0 Å². The largest absolute Gasteiger partial charge is 0.508 e. The molecule has 4 saturated heterocycles. The van der Waals surface area contributed by atoms with Crippen molar-refractivity contribution in [3.63, 3.8) is 0 Å². The van der Waals surface area contributed by atoms with Gasteiger partial charge in [-0.2, -0.15) is 0 Å². The van der Waals surface area contributed by atoms with E-state index in [4.69, 9.17) is 38.9 Å². The minimum atomic E-state index is -2.41. The lowest BCUT2D eigenvalue weighted by molar-refractivity contribution is -0.339. The summed E-state index contributed by atoms with van der Waals surface area (Å²) >= 11 is 0. The average Bonchev–Trinajstić information content (AvgIpc) is 0.802. The van der Waals surface area contributed by atoms with Gasteiger partial charge in [0, 0.05) is 33.2 Å². The lowest BCUT2D eigenvalue weighted by Gasteiger charge is -2.46. The van der Waals surface area contributed by atoms with Crippen molar-refractivity contribution in [3.05, 3.63) is 71.4 Å². The summed E-state index contributed by atoms with van der Waals surface area (Å²) in [6.07, 6.45) is -25.8. The summed E-state index contributed by atoms with van der Waals surface area (Å²) in [6, 6.07) is -6.19. The van der Waals surface area contributed by atoms with Crippen LogP contribution in [-0.4, -0.2) is 346 Å². The monoisotopic (exact) mass is 1810 g/mol. The number of amides is 11. The number of carbonyl (C=O) groups excluding carboxylic acids is 12. The fraction of sp³-hybridized carbons (Fsp3) is 0.687. The Morgan fingerprint density at radius 1 is 0.622 bits per heavy atom. The Morgan fingerprint density at radius 2 is 1.17 bits per heavy atom. The van der Waals surface area contributed by atoms with Crippen molar-refractivity contribution in [2.24, 2.45) is 5.73 Å². The first-order valence-corrected chi connectivity index (χ1v) is 42.7. The average molecular weight is 1810 g/mol. The number of nitrogens with one attached hydrogen (secondary N) is 9. The molecule has 127 heavy (non-hydrogen) atoms. The number of likely N-dealkylation sites (N-methyl/N-ethyl adjacent to an activating group) is 1. The molecular formula is C83H129N11O33. The zero-order valence-corrected chi connectivity index (χ0v) is 72.4. The van der Waals surface area contributed by atoms with E-state index >= 15 is 19.2 Å². The zero-order valence-electron chi connectivity index (χ0n) is 72.4. The number of hydrogen-bond acceptors (Lipinski definition) is 33. The Labute approximate surface area is 734 Å². The van der Waals surface area contributed by atoms with Crippen molar-refractivity contribution in [1.82, 2.24) is 52.8 Å². The smallest absolute Gasteiger partial charge is 0.329 e. The lowest BCUT2D eigenvalue weighted by atomic mass is 9.96. The number of carbonyl (C=O) groups is 12. The van der Waals surface area contributed by atoms with Crippen LogP contribution in [0.5, 0.6) is 11.5 Å². The fourth-order valence-corrected chi connectivity index (χ4v) is 14.7. The maximum Gasteiger partial charge on any atom is 0.329 e. The van der Waals surface area contributed by atoms with Gasteiger partial charge >= 0.3 is 5.97 Å². The van der Waals surface area contributed by atoms with Crippen molar-refractivity contribution in [2.75, 3.05) is 33.4 Å². The van der Waals surface area contributed by atoms with Crippen molar-refractivity contribution in [3.8, 4) is 11.5 Å². The minimum Gasteiger partial charge on any atom is -0.508 e. The van der Waals surface area contributed by atoms with Crippen LogP contribution in [0.3, 0.4) is 0 Å². The third-order valence-electron chi connectivity index (χ3n) is 22.2. The van der Waals surface area contributed by atoms with Gasteiger partial charge in [0.15, 0.2) is 25.0 Å². The molecule has 0 aliphatic carbocycles. The predicted molar refractivity (Wildman–Crippen MR) is 442 cm³/mol. The Hall–Kier alpha value is -9.30. The summed E-state index contributed by atoms with van der Waals surface area (Å²) in [5.74, 6) is -15.9. The number of nitrogens with two attached hydrogens (primary N) is 1. The number of benzene rings is 2. The van der Waals surface area contributed by atoms with Gasteiger partial charge in [0.25, 0.3) is 11.8 Å². The highest BCUT2D eigenvalue weighted by Gasteiger charge is 2.52. The molecular weight excluding hydrogens is 1680 g/mol. The van der Waals surface area contributed by atoms with E-state index in [0.29, 0.717) is 17.7 Å². The Morgan fingerprint density at radius 3 is 1.70 bits per heavy atom. The van der Waals surface area contributed by atoms with Gasteiger partial charge in [-0.25, -0.2) is 4.79 Å². The molecule has 44 nitrogen and oxygen atoms in total. The number of aliphatic hydroxyl groups excluding tert-OH is 12. The highest BCUT2D eigenvalue weighted by atomic mass is 16.7. The number of esters is 1. The molecule has 44 heteroatoms. The number of phenols is 2. The van der Waals surface area contributed by atoms with Gasteiger partial charge in [-0.15, -0.1) is 0 Å². The van der Waals surface area contributed by atoms with Crippen LogP contribution >= 0.6 is 0 Å². The van der Waals surface area contributed by atoms with Crippen LogP contribution < -0.4 is 53.6 Å². The van der Waals surface area contributed by atoms with Gasteiger partial charge < -0.3 is 163 Å². The Bertz CT molecular complexity index is 3930. The van der Waals surface area contributed by atoms with Gasteiger partial charge in [0.05, 0.1) is 50.8 Å². The molecule has 0 saturated carbocycles. The standard InChI is InChI=1S/C83H129N11O33/c1-9-11-12-13-14-15-16-17-18-19-20-21-22-23-54(124-82-70(111)71(53(102)39-121-82)127-81-62(86-44(7)99)67(108)64(105)55(37-95)125-81)66(107)79(119)92-60(41(4)98)76(116)93-61-42(5)122-80(120)52(35-46-26-30-48(101)31-27-46)90-78(118)63(43(6)123-83-69(110)68(109)65(106)56(38-96)126-83)94(8)58(104)36-85-72(112)50(32-33-57(84)103)88-73(113)49(10-2)87-74(114)51(34-45-24-28-47(100)29-25-45)89-75(115)59(40(3)97)91-77(61)117/h10,24-31,40-43,50-56,59-71,81-83,95-98,100-102,105-111H,9,11-23,32-39H2,1-8H3,(H2,84,103)(H,85,112)(H,86,99)(H,87,114)(H,88,113)(H,89,115)(H,90,118)(H,91,117)(H,92,119)(H,93,116)/b49-10-/t40-,41?,42+,43?,50+,51+,52-,53+,54?,55-,56-,59-,60?,61-,62-,63?,64-,65-,66?,67-,68+,69+,70-,71+,81+,82-,83+/m0/s1. The van der Waals surface area contributed by atoms with Gasteiger partial charge in [-0.05, 0) is 82.9 Å². The molecule has 25 N–H and O–H groups in total. The van der Waals surface area contributed by atoms with E-state index in [9.17, 15) is 110 Å². The Kier molecular flexibility index (Phi) is 43.9. The first-order valence-electron chi connectivity index (χ1n) is 42.7. The molecule has 27 atom stereocenters. The number of rotatable bonds is 38. The third kappa shape index (κ3) is 32.1. The number of aliphatic hydroxyl groups is 12. The minimum absolute atomic E-state index is 0.134. The summed E-state index contributed by atoms with van der Waals surface area (Å²) in [7, 11) is 0.994. The zero-order chi connectivity index (χ0) is 94.2. The summed E-state index contributed by atoms with van der Waals surface area (Å²) in [4.78, 5) is 174. The molecule has 11 amide bonds. The Balaban J connectivity index is 1.43. The molecule has 4 aliphatic rings. The molecule has 0 radical (unpaired) electrons. The first kappa shape index (κ1) is 106. The van der Waals surface area contributed by atoms with Crippen LogP contribution in [0.2, 0.25) is 0 Å². The van der Waals surface area contributed by atoms with Crippen LogP contribution in [0.4, 0.5) is 0 Å². The SMILES string of the molecule is C/C=C1\NC(=O)[C@@H](Cc2ccc(O)cc2)NC(=O)[C@H]([C@H](C)O)NC(=O)[C@@H](NC(=O)C(NC(=O)C(O)C(CCCCCCCCCCCCCCC)O[C@@H]2OC[C@@H](O)[C@@H](O[C@H]3O[C@@H](CO)[C@H](O)[C@@H](O)[C@@H]3NC(C)=O)[C@@H]2O)C(C)O)[C@@H](C)OC(=O)[C@H](Cc2ccc(O)cc2)NC(=O)C(C(C)O[C@@H]2O[C@@H](CO)[C@H](O)[C@@H](O)[C@H]2O)N(C)C(=O)CNC(=O)[C@@H](CCC(N)=O)NC1=O.